The van der Waals surface area contributed by atoms with Gasteiger partial charge in [0.1, 0.15) is 12.4 Å². The number of methoxy groups -OCH3 is 1. The van der Waals surface area contributed by atoms with E-state index in [0.717, 1.165) is 0 Å². The summed E-state index contributed by atoms with van der Waals surface area (Å²) in [6.07, 6.45) is 1.96. The first-order chi connectivity index (χ1) is 6.12. The van der Waals surface area contributed by atoms with Crippen LogP contribution in [0.5, 0.6) is 0 Å². The van der Waals surface area contributed by atoms with Crippen molar-refractivity contribution in [3.63, 3.8) is 0 Å². The smallest absolute Gasteiger partial charge is 0.158 e. The average Bonchev–Trinajstić information content (AvgIpc) is 2.18. The number of hydrogen-bond acceptors (Lipinski definition) is 3. The van der Waals surface area contributed by atoms with Gasteiger partial charge < -0.3 is 4.74 Å². The molecule has 0 aliphatic rings. The van der Waals surface area contributed by atoms with Gasteiger partial charge in [0.2, 0.25) is 0 Å². The van der Waals surface area contributed by atoms with Crippen LogP contribution in [-0.2, 0) is 14.3 Å². The zero-order chi connectivity index (χ0) is 10.7. The van der Waals surface area contributed by atoms with Crippen LogP contribution in [0.15, 0.2) is 0 Å². The van der Waals surface area contributed by atoms with Crippen LogP contribution in [0.4, 0.5) is 0 Å². The lowest BCUT2D eigenvalue weighted by Gasteiger charge is -1.89. The molecule has 78 valence electrons. The predicted molar refractivity (Wildman–Crippen MR) is 52.8 cm³/mol. The van der Waals surface area contributed by atoms with E-state index in [1.54, 1.807) is 0 Å². The van der Waals surface area contributed by atoms with Gasteiger partial charge in [0.15, 0.2) is 5.78 Å². The Kier molecular flexibility index (Phi) is 12.9. The zero-order valence-electron chi connectivity index (χ0n) is 9.05. The van der Waals surface area contributed by atoms with E-state index in [2.05, 4.69) is 4.74 Å². The van der Waals surface area contributed by atoms with Crippen LogP contribution in [0.25, 0.3) is 0 Å². The lowest BCUT2D eigenvalue weighted by molar-refractivity contribution is -0.122. The maximum atomic E-state index is 10.3. The Balaban J connectivity index is 0. The van der Waals surface area contributed by atoms with Crippen LogP contribution < -0.4 is 0 Å². The van der Waals surface area contributed by atoms with Crippen LogP contribution in [0.2, 0.25) is 0 Å². The largest absolute Gasteiger partial charge is 0.377 e. The topological polar surface area (TPSA) is 43.4 Å². The van der Waals surface area contributed by atoms with Gasteiger partial charge in [-0.3, -0.25) is 9.59 Å². The summed E-state index contributed by atoms with van der Waals surface area (Å²) in [5.41, 5.74) is 0. The van der Waals surface area contributed by atoms with Gasteiger partial charge in [0.05, 0.1) is 0 Å². The number of Topliss-reactive ketones (excluding diaryl/α,β-unsaturated/α-hetero) is 2. The van der Waals surface area contributed by atoms with Crippen molar-refractivity contribution in [2.75, 3.05) is 13.7 Å². The molecule has 0 aliphatic carbocycles. The van der Waals surface area contributed by atoms with Gasteiger partial charge in [-0.15, -0.1) is 0 Å². The van der Waals surface area contributed by atoms with Crippen LogP contribution in [0.3, 0.4) is 0 Å². The molecule has 0 aliphatic heterocycles. The third kappa shape index (κ3) is 14.2. The molecule has 0 saturated carbocycles. The highest BCUT2D eigenvalue weighted by atomic mass is 16.5. The third-order valence-corrected chi connectivity index (χ3v) is 1.49. The Bertz CT molecular complexity index is 135. The molecule has 13 heavy (non-hydrogen) atoms. The van der Waals surface area contributed by atoms with Gasteiger partial charge >= 0.3 is 0 Å². The van der Waals surface area contributed by atoms with Crippen molar-refractivity contribution in [1.29, 1.82) is 0 Å². The van der Waals surface area contributed by atoms with Crippen molar-refractivity contribution in [3.8, 4) is 0 Å². The van der Waals surface area contributed by atoms with E-state index < -0.39 is 0 Å². The molecule has 0 heterocycles. The van der Waals surface area contributed by atoms with E-state index in [9.17, 15) is 9.59 Å². The van der Waals surface area contributed by atoms with Gasteiger partial charge in [-0.25, -0.2) is 0 Å². The second kappa shape index (κ2) is 11.3. The zero-order valence-corrected chi connectivity index (χ0v) is 9.05. The summed E-state index contributed by atoms with van der Waals surface area (Å²) in [5.74, 6) is 0.498. The third-order valence-electron chi connectivity index (χ3n) is 1.49. The Morgan fingerprint density at radius 3 is 1.38 bits per heavy atom. The lowest BCUT2D eigenvalue weighted by atomic mass is 10.3. The highest BCUT2D eigenvalue weighted by Crippen LogP contribution is 1.83. The Labute approximate surface area is 80.5 Å². The maximum absolute atomic E-state index is 10.3. The molecule has 0 rings (SSSR count). The Hall–Kier alpha value is -0.700. The first-order valence-corrected chi connectivity index (χ1v) is 4.64. The summed E-state index contributed by atoms with van der Waals surface area (Å²) in [5, 5.41) is 0. The molecule has 0 N–H and O–H groups in total. The minimum absolute atomic E-state index is 0.155. The minimum atomic E-state index is 0.155. The number of carbonyl (C=O) groups excluding carboxylic acids is 2. The summed E-state index contributed by atoms with van der Waals surface area (Å²) in [6.45, 7) is 5.84. The summed E-state index contributed by atoms with van der Waals surface area (Å²) in [7, 11) is 1.52. The first-order valence-electron chi connectivity index (χ1n) is 4.64. The highest BCUT2D eigenvalue weighted by Gasteiger charge is 1.91. The molecule has 0 unspecified atom stereocenters. The highest BCUT2D eigenvalue weighted by molar-refractivity contribution is 5.79. The Morgan fingerprint density at radius 2 is 1.31 bits per heavy atom. The lowest BCUT2D eigenvalue weighted by Crippen LogP contribution is -2.03. The quantitative estimate of drug-likeness (QED) is 0.662. The number of ether oxygens (including phenoxy) is 1. The van der Waals surface area contributed by atoms with E-state index in [0.29, 0.717) is 25.0 Å². The van der Waals surface area contributed by atoms with Gasteiger partial charge in [-0.1, -0.05) is 20.8 Å². The molecule has 3 nitrogen and oxygen atoms in total. The van der Waals surface area contributed by atoms with Crippen LogP contribution in [0.1, 0.15) is 40.0 Å². The molecule has 0 atom stereocenters. The summed E-state index contributed by atoms with van der Waals surface area (Å²) >= 11 is 0. The van der Waals surface area contributed by atoms with Crippen molar-refractivity contribution in [3.05, 3.63) is 0 Å². The molecule has 0 spiro atoms. The molecule has 0 saturated heterocycles. The second-order valence-corrected chi connectivity index (χ2v) is 2.57. The molecule has 0 radical (unpaired) electrons. The summed E-state index contributed by atoms with van der Waals surface area (Å²) in [4.78, 5) is 20.5. The van der Waals surface area contributed by atoms with E-state index in [1.807, 2.05) is 20.8 Å². The molecular weight excluding hydrogens is 168 g/mol. The van der Waals surface area contributed by atoms with Crippen molar-refractivity contribution in [2.45, 2.75) is 40.0 Å². The molecule has 0 bridgehead atoms. The minimum Gasteiger partial charge on any atom is -0.377 e. The van der Waals surface area contributed by atoms with Crippen molar-refractivity contribution < 1.29 is 14.3 Å². The van der Waals surface area contributed by atoms with Gasteiger partial charge in [0.25, 0.3) is 0 Å². The van der Waals surface area contributed by atoms with E-state index in [-0.39, 0.29) is 12.4 Å². The fourth-order valence-electron chi connectivity index (χ4n) is 0.513. The SMILES string of the molecule is CCC(=O)CC.CCC(=O)COC. The summed E-state index contributed by atoms with van der Waals surface area (Å²) < 4.78 is 4.54. The number of rotatable bonds is 5. The molecule has 0 amide bonds. The fourth-order valence-corrected chi connectivity index (χ4v) is 0.513. The normalized spacial score (nSPS) is 8.62. The van der Waals surface area contributed by atoms with Crippen LogP contribution >= 0.6 is 0 Å². The monoisotopic (exact) mass is 188 g/mol. The van der Waals surface area contributed by atoms with Gasteiger partial charge in [0, 0.05) is 26.4 Å². The second-order valence-electron chi connectivity index (χ2n) is 2.57. The average molecular weight is 188 g/mol. The molecule has 0 aromatic carbocycles. The molecule has 0 fully saturated rings. The molecule has 0 aromatic rings. The van der Waals surface area contributed by atoms with E-state index in [4.69, 9.17) is 0 Å². The Morgan fingerprint density at radius 1 is 0.923 bits per heavy atom. The summed E-state index contributed by atoms with van der Waals surface area (Å²) in [6, 6.07) is 0. The van der Waals surface area contributed by atoms with Crippen molar-refractivity contribution in [1.82, 2.24) is 0 Å². The van der Waals surface area contributed by atoms with Crippen molar-refractivity contribution in [2.24, 2.45) is 0 Å². The predicted octanol–water partition coefficient (Wildman–Crippen LogP) is 1.99. The number of hydrogen-bond donors (Lipinski definition) is 0. The van der Waals surface area contributed by atoms with E-state index >= 15 is 0 Å². The fraction of sp³-hybridized carbons (Fsp3) is 0.800. The molecule has 3 heteroatoms. The first kappa shape index (κ1) is 14.8. The van der Waals surface area contributed by atoms with Crippen molar-refractivity contribution >= 4 is 11.6 Å². The maximum Gasteiger partial charge on any atom is 0.158 e. The molecular formula is C10H20O3. The van der Waals surface area contributed by atoms with E-state index in [1.165, 1.54) is 7.11 Å². The van der Waals surface area contributed by atoms with Gasteiger partial charge in [-0.2, -0.15) is 0 Å². The molecule has 0 aromatic heterocycles. The van der Waals surface area contributed by atoms with Crippen LogP contribution in [-0.4, -0.2) is 25.3 Å². The van der Waals surface area contributed by atoms with Gasteiger partial charge in [-0.05, 0) is 0 Å². The number of ketones is 2. The standard InChI is InChI=1S/C5H10O2.C5H10O/c1-3-5(6)4-7-2;1-3-5(6)4-2/h3-4H2,1-2H3;3-4H2,1-2H3. The van der Waals surface area contributed by atoms with Crippen LogP contribution in [0, 0.1) is 0 Å². The number of carbonyl (C=O) groups is 2.